The lowest BCUT2D eigenvalue weighted by molar-refractivity contribution is 0.0694. The zero-order chi connectivity index (χ0) is 9.42. The third kappa shape index (κ3) is 1.01. The van der Waals surface area contributed by atoms with Crippen LogP contribution >= 0.6 is 0 Å². The molecule has 0 atom stereocenters. The van der Waals surface area contributed by atoms with Gasteiger partial charge in [-0.2, -0.15) is 0 Å². The summed E-state index contributed by atoms with van der Waals surface area (Å²) < 4.78 is 4.82. The number of aromatic hydroxyl groups is 1. The van der Waals surface area contributed by atoms with Crippen LogP contribution in [0.5, 0.6) is 5.75 Å². The van der Waals surface area contributed by atoms with Crippen LogP contribution in [0.15, 0.2) is 22.9 Å². The van der Waals surface area contributed by atoms with Gasteiger partial charge in [0, 0.05) is 0 Å². The van der Waals surface area contributed by atoms with E-state index in [0.717, 1.165) is 6.39 Å². The van der Waals surface area contributed by atoms with Gasteiger partial charge in [-0.3, -0.25) is 0 Å². The smallest absolute Gasteiger partial charge is 0.339 e. The van der Waals surface area contributed by atoms with Gasteiger partial charge in [-0.05, 0) is 12.1 Å². The van der Waals surface area contributed by atoms with Crippen molar-refractivity contribution in [3.8, 4) is 5.75 Å². The standard InChI is InChI=1S/C8H5NO4/c10-6-4(8(11)12)1-2-5-7(6)13-3-9-5/h1-3,10H,(H,11,12). The zero-order valence-corrected chi connectivity index (χ0v) is 6.39. The molecule has 0 bridgehead atoms. The Morgan fingerprint density at radius 1 is 1.46 bits per heavy atom. The topological polar surface area (TPSA) is 83.6 Å². The number of aromatic nitrogens is 1. The highest BCUT2D eigenvalue weighted by atomic mass is 16.4. The number of carboxylic acids is 1. The molecule has 0 saturated heterocycles. The molecule has 0 spiro atoms. The molecule has 5 nitrogen and oxygen atoms in total. The summed E-state index contributed by atoms with van der Waals surface area (Å²) in [6.45, 7) is 0. The Kier molecular flexibility index (Phi) is 1.45. The molecule has 66 valence electrons. The van der Waals surface area contributed by atoms with Crippen molar-refractivity contribution in [3.05, 3.63) is 24.1 Å². The number of aromatic carboxylic acids is 1. The Labute approximate surface area is 72.2 Å². The van der Waals surface area contributed by atoms with E-state index in [1.54, 1.807) is 0 Å². The number of fused-ring (bicyclic) bond motifs is 1. The van der Waals surface area contributed by atoms with E-state index >= 15 is 0 Å². The highest BCUT2D eigenvalue weighted by Crippen LogP contribution is 2.27. The van der Waals surface area contributed by atoms with E-state index in [1.807, 2.05) is 0 Å². The minimum absolute atomic E-state index is 0.0971. The van der Waals surface area contributed by atoms with Crippen LogP contribution in [0.4, 0.5) is 0 Å². The third-order valence-electron chi connectivity index (χ3n) is 1.70. The fourth-order valence-corrected chi connectivity index (χ4v) is 1.09. The van der Waals surface area contributed by atoms with Gasteiger partial charge in [-0.25, -0.2) is 9.78 Å². The van der Waals surface area contributed by atoms with E-state index in [9.17, 15) is 9.90 Å². The minimum atomic E-state index is -1.20. The molecular formula is C8H5NO4. The molecule has 0 unspecified atom stereocenters. The Morgan fingerprint density at radius 2 is 2.23 bits per heavy atom. The van der Waals surface area contributed by atoms with E-state index in [1.165, 1.54) is 12.1 Å². The first-order valence-electron chi connectivity index (χ1n) is 3.48. The second kappa shape index (κ2) is 2.48. The first kappa shape index (κ1) is 7.60. The van der Waals surface area contributed by atoms with Gasteiger partial charge in [-0.15, -0.1) is 0 Å². The first-order valence-corrected chi connectivity index (χ1v) is 3.48. The Morgan fingerprint density at radius 3 is 2.92 bits per heavy atom. The summed E-state index contributed by atoms with van der Waals surface area (Å²) >= 11 is 0. The maximum Gasteiger partial charge on any atom is 0.339 e. The zero-order valence-electron chi connectivity index (χ0n) is 6.39. The molecule has 1 aromatic heterocycles. The number of benzene rings is 1. The molecule has 0 aliphatic heterocycles. The van der Waals surface area contributed by atoms with E-state index < -0.39 is 5.97 Å². The Hall–Kier alpha value is -2.04. The molecular weight excluding hydrogens is 174 g/mol. The molecule has 1 aromatic carbocycles. The normalized spacial score (nSPS) is 10.5. The third-order valence-corrected chi connectivity index (χ3v) is 1.70. The predicted molar refractivity (Wildman–Crippen MR) is 42.6 cm³/mol. The van der Waals surface area contributed by atoms with Crippen LogP contribution in [0, 0.1) is 0 Å². The Balaban J connectivity index is 2.80. The van der Waals surface area contributed by atoms with Gasteiger partial charge in [0.1, 0.15) is 11.1 Å². The average Bonchev–Trinajstić information content (AvgIpc) is 2.52. The molecule has 0 saturated carbocycles. The number of hydrogen-bond acceptors (Lipinski definition) is 4. The molecule has 2 aromatic rings. The van der Waals surface area contributed by atoms with Crippen LogP contribution in [-0.2, 0) is 0 Å². The summed E-state index contributed by atoms with van der Waals surface area (Å²) in [5.74, 6) is -1.58. The molecule has 0 fully saturated rings. The predicted octanol–water partition coefficient (Wildman–Crippen LogP) is 1.23. The number of carboxylic acid groups (broad SMARTS) is 1. The van der Waals surface area contributed by atoms with Crippen LogP contribution < -0.4 is 0 Å². The molecule has 5 heteroatoms. The van der Waals surface area contributed by atoms with E-state index in [0.29, 0.717) is 5.52 Å². The highest BCUT2D eigenvalue weighted by molar-refractivity contribution is 5.97. The van der Waals surface area contributed by atoms with Gasteiger partial charge in [-0.1, -0.05) is 0 Å². The SMILES string of the molecule is O=C(O)c1ccc2ncoc2c1O. The molecule has 0 radical (unpaired) electrons. The van der Waals surface area contributed by atoms with E-state index in [-0.39, 0.29) is 16.9 Å². The van der Waals surface area contributed by atoms with Crippen molar-refractivity contribution in [3.63, 3.8) is 0 Å². The number of rotatable bonds is 1. The first-order chi connectivity index (χ1) is 6.20. The lowest BCUT2D eigenvalue weighted by atomic mass is 10.2. The van der Waals surface area contributed by atoms with Crippen LogP contribution in [0.3, 0.4) is 0 Å². The monoisotopic (exact) mass is 179 g/mol. The lowest BCUT2D eigenvalue weighted by Crippen LogP contribution is -1.96. The van der Waals surface area contributed by atoms with Gasteiger partial charge in [0.05, 0.1) is 0 Å². The summed E-state index contributed by atoms with van der Waals surface area (Å²) in [6.07, 6.45) is 1.15. The van der Waals surface area contributed by atoms with Crippen molar-refractivity contribution in [1.29, 1.82) is 0 Å². The van der Waals surface area contributed by atoms with Crippen LogP contribution in [-0.4, -0.2) is 21.2 Å². The number of oxazole rings is 1. The van der Waals surface area contributed by atoms with Crippen molar-refractivity contribution in [1.82, 2.24) is 4.98 Å². The van der Waals surface area contributed by atoms with Gasteiger partial charge >= 0.3 is 5.97 Å². The van der Waals surface area contributed by atoms with Crippen LogP contribution in [0.1, 0.15) is 10.4 Å². The van der Waals surface area contributed by atoms with Crippen LogP contribution in [0.2, 0.25) is 0 Å². The number of carbonyl (C=O) groups is 1. The van der Waals surface area contributed by atoms with E-state index in [2.05, 4.69) is 4.98 Å². The maximum atomic E-state index is 10.6. The number of phenols is 1. The maximum absolute atomic E-state index is 10.6. The molecule has 0 aliphatic carbocycles. The van der Waals surface area contributed by atoms with Gasteiger partial charge in [0.15, 0.2) is 17.7 Å². The van der Waals surface area contributed by atoms with Gasteiger partial charge in [0.25, 0.3) is 0 Å². The van der Waals surface area contributed by atoms with Crippen LogP contribution in [0.25, 0.3) is 11.1 Å². The second-order valence-electron chi connectivity index (χ2n) is 2.47. The van der Waals surface area contributed by atoms with Crippen molar-refractivity contribution < 1.29 is 19.4 Å². The summed E-state index contributed by atoms with van der Waals surface area (Å²) in [4.78, 5) is 14.3. The largest absolute Gasteiger partial charge is 0.504 e. The summed E-state index contributed by atoms with van der Waals surface area (Å²) in [7, 11) is 0. The Bertz CT molecular complexity index is 474. The average molecular weight is 179 g/mol. The molecule has 2 N–H and O–H groups in total. The quantitative estimate of drug-likeness (QED) is 0.687. The fraction of sp³-hybridized carbons (Fsp3) is 0. The summed E-state index contributed by atoms with van der Waals surface area (Å²) in [6, 6.07) is 2.75. The van der Waals surface area contributed by atoms with Crippen molar-refractivity contribution in [2.24, 2.45) is 0 Å². The molecule has 13 heavy (non-hydrogen) atoms. The number of hydrogen-bond donors (Lipinski definition) is 2. The fourth-order valence-electron chi connectivity index (χ4n) is 1.09. The molecule has 0 aliphatic rings. The lowest BCUT2D eigenvalue weighted by Gasteiger charge is -1.97. The van der Waals surface area contributed by atoms with Gasteiger partial charge in [0.2, 0.25) is 0 Å². The molecule has 0 amide bonds. The molecule has 1 heterocycles. The number of nitrogens with zero attached hydrogens (tertiary/aromatic N) is 1. The highest BCUT2D eigenvalue weighted by Gasteiger charge is 2.14. The van der Waals surface area contributed by atoms with E-state index in [4.69, 9.17) is 9.52 Å². The summed E-state index contributed by atoms with van der Waals surface area (Å²) in [5.41, 5.74) is 0.339. The van der Waals surface area contributed by atoms with Crippen molar-refractivity contribution >= 4 is 17.1 Å². The molecule has 2 rings (SSSR count). The minimum Gasteiger partial charge on any atom is -0.504 e. The van der Waals surface area contributed by atoms with Crippen molar-refractivity contribution in [2.45, 2.75) is 0 Å². The summed E-state index contributed by atoms with van der Waals surface area (Å²) in [5, 5.41) is 18.0. The van der Waals surface area contributed by atoms with Gasteiger partial charge < -0.3 is 14.6 Å². The van der Waals surface area contributed by atoms with Crippen molar-refractivity contribution in [2.75, 3.05) is 0 Å². The second-order valence-corrected chi connectivity index (χ2v) is 2.47.